The number of carbonyl (C=O) groups excluding carboxylic acids is 1. The van der Waals surface area contributed by atoms with Gasteiger partial charge in [0.25, 0.3) is 0 Å². The van der Waals surface area contributed by atoms with E-state index < -0.39 is 11.6 Å². The van der Waals surface area contributed by atoms with Crippen molar-refractivity contribution in [3.63, 3.8) is 0 Å². The molecule has 1 aromatic heterocycles. The van der Waals surface area contributed by atoms with Crippen LogP contribution in [0.5, 0.6) is 0 Å². The topological polar surface area (TPSA) is 62.9 Å². The molecule has 0 aliphatic carbocycles. The van der Waals surface area contributed by atoms with Crippen molar-refractivity contribution in [2.24, 2.45) is 0 Å². The third-order valence-corrected chi connectivity index (χ3v) is 4.36. The zero-order valence-electron chi connectivity index (χ0n) is 11.1. The van der Waals surface area contributed by atoms with Gasteiger partial charge in [-0.25, -0.2) is 4.79 Å². The van der Waals surface area contributed by atoms with Gasteiger partial charge in [-0.05, 0) is 37.9 Å². The molecule has 0 aromatic carbocycles. The lowest BCUT2D eigenvalue weighted by molar-refractivity contribution is -0.0312. The second-order valence-electron chi connectivity index (χ2n) is 5.38. The molecule has 5 heteroatoms. The van der Waals surface area contributed by atoms with E-state index in [-0.39, 0.29) is 11.8 Å². The van der Waals surface area contributed by atoms with E-state index in [9.17, 15) is 9.90 Å². The lowest BCUT2D eigenvalue weighted by Crippen LogP contribution is -2.45. The van der Waals surface area contributed by atoms with Crippen molar-refractivity contribution >= 4 is 5.97 Å². The number of furan rings is 1. The van der Waals surface area contributed by atoms with Crippen LogP contribution in [0.15, 0.2) is 16.5 Å². The number of nitrogens with zero attached hydrogens (tertiary/aromatic N) is 1. The minimum atomic E-state index is -0.966. The fraction of sp³-hybridized carbons (Fsp3) is 0.643. The zero-order valence-corrected chi connectivity index (χ0v) is 11.1. The first-order chi connectivity index (χ1) is 9.15. The van der Waals surface area contributed by atoms with Gasteiger partial charge in [0.15, 0.2) is 0 Å². The molecule has 2 unspecified atom stereocenters. The number of rotatable bonds is 2. The summed E-state index contributed by atoms with van der Waals surface area (Å²) in [5, 5.41) is 10.9. The molecule has 2 aliphatic heterocycles. The molecule has 2 aliphatic rings. The Morgan fingerprint density at radius 2 is 2.32 bits per heavy atom. The van der Waals surface area contributed by atoms with Crippen molar-refractivity contribution in [2.75, 3.05) is 20.2 Å². The zero-order chi connectivity index (χ0) is 13.5. The highest BCUT2D eigenvalue weighted by atomic mass is 16.5. The average molecular weight is 265 g/mol. The maximum Gasteiger partial charge on any atom is 0.373 e. The number of piperidine rings is 1. The van der Waals surface area contributed by atoms with E-state index >= 15 is 0 Å². The van der Waals surface area contributed by atoms with Gasteiger partial charge in [0.2, 0.25) is 5.76 Å². The summed E-state index contributed by atoms with van der Waals surface area (Å²) in [5.74, 6) is 0.135. The summed E-state index contributed by atoms with van der Waals surface area (Å²) in [6, 6.07) is 3.38. The minimum absolute atomic E-state index is 0.109. The van der Waals surface area contributed by atoms with Crippen LogP contribution in [0, 0.1) is 0 Å². The number of fused-ring (bicyclic) bond motifs is 1. The molecule has 0 amide bonds. The first kappa shape index (κ1) is 12.7. The number of hydrogen-bond donors (Lipinski definition) is 1. The summed E-state index contributed by atoms with van der Waals surface area (Å²) in [6.07, 6.45) is 3.96. The van der Waals surface area contributed by atoms with Gasteiger partial charge in [-0.15, -0.1) is 0 Å². The lowest BCUT2D eigenvalue weighted by atomic mass is 9.87. The first-order valence-corrected chi connectivity index (χ1v) is 6.80. The Kier molecular flexibility index (Phi) is 3.11. The Bertz CT molecular complexity index is 484. The van der Waals surface area contributed by atoms with Gasteiger partial charge < -0.3 is 14.3 Å². The van der Waals surface area contributed by atoms with E-state index in [4.69, 9.17) is 4.42 Å². The lowest BCUT2D eigenvalue weighted by Gasteiger charge is -2.36. The fourth-order valence-corrected chi connectivity index (χ4v) is 3.35. The first-order valence-electron chi connectivity index (χ1n) is 6.80. The Labute approximate surface area is 112 Å². The van der Waals surface area contributed by atoms with Crippen molar-refractivity contribution in [2.45, 2.75) is 37.3 Å². The van der Waals surface area contributed by atoms with Gasteiger partial charge in [-0.1, -0.05) is 6.42 Å². The third kappa shape index (κ3) is 1.97. The molecule has 5 nitrogen and oxygen atoms in total. The summed E-state index contributed by atoms with van der Waals surface area (Å²) >= 11 is 0. The minimum Gasteiger partial charge on any atom is -0.463 e. The van der Waals surface area contributed by atoms with Crippen LogP contribution >= 0.6 is 0 Å². The number of aliphatic hydroxyl groups is 1. The second-order valence-corrected chi connectivity index (χ2v) is 5.38. The van der Waals surface area contributed by atoms with Crippen LogP contribution in [0.3, 0.4) is 0 Å². The van der Waals surface area contributed by atoms with E-state index in [1.54, 1.807) is 12.1 Å². The maximum absolute atomic E-state index is 11.4. The summed E-state index contributed by atoms with van der Waals surface area (Å²) < 4.78 is 10.1. The number of ether oxygens (including phenoxy) is 1. The van der Waals surface area contributed by atoms with Crippen LogP contribution in [-0.2, 0) is 10.3 Å². The Morgan fingerprint density at radius 1 is 1.47 bits per heavy atom. The predicted octanol–water partition coefficient (Wildman–Crippen LogP) is 1.51. The van der Waals surface area contributed by atoms with E-state index in [1.807, 2.05) is 0 Å². The molecule has 0 saturated carbocycles. The van der Waals surface area contributed by atoms with Gasteiger partial charge >= 0.3 is 5.97 Å². The molecule has 3 rings (SSSR count). The number of methoxy groups -OCH3 is 1. The van der Waals surface area contributed by atoms with Crippen LogP contribution in [0.1, 0.15) is 42.0 Å². The Hall–Kier alpha value is -1.33. The highest BCUT2D eigenvalue weighted by Crippen LogP contribution is 2.42. The van der Waals surface area contributed by atoms with E-state index in [0.29, 0.717) is 12.2 Å². The van der Waals surface area contributed by atoms with Gasteiger partial charge in [-0.2, -0.15) is 0 Å². The van der Waals surface area contributed by atoms with Gasteiger partial charge in [0.1, 0.15) is 11.4 Å². The van der Waals surface area contributed by atoms with Gasteiger partial charge in [0, 0.05) is 12.6 Å². The van der Waals surface area contributed by atoms with Gasteiger partial charge in [0.05, 0.1) is 7.11 Å². The fourth-order valence-electron chi connectivity index (χ4n) is 3.35. The van der Waals surface area contributed by atoms with Crippen molar-refractivity contribution in [1.82, 2.24) is 4.90 Å². The monoisotopic (exact) mass is 265 g/mol. The van der Waals surface area contributed by atoms with E-state index in [1.165, 1.54) is 13.5 Å². The molecule has 19 heavy (non-hydrogen) atoms. The Balaban J connectivity index is 1.88. The van der Waals surface area contributed by atoms with Crippen molar-refractivity contribution in [3.8, 4) is 0 Å². The molecule has 2 saturated heterocycles. The predicted molar refractivity (Wildman–Crippen MR) is 67.8 cm³/mol. The largest absolute Gasteiger partial charge is 0.463 e. The molecule has 0 bridgehead atoms. The number of esters is 1. The van der Waals surface area contributed by atoms with Crippen molar-refractivity contribution < 1.29 is 19.1 Å². The summed E-state index contributed by atoms with van der Waals surface area (Å²) in [7, 11) is 1.32. The normalized spacial score (nSPS) is 31.2. The van der Waals surface area contributed by atoms with Crippen LogP contribution < -0.4 is 0 Å². The van der Waals surface area contributed by atoms with Gasteiger partial charge in [-0.3, -0.25) is 4.90 Å². The Morgan fingerprint density at radius 3 is 3.11 bits per heavy atom. The van der Waals surface area contributed by atoms with Crippen LogP contribution in [0.4, 0.5) is 0 Å². The summed E-state index contributed by atoms with van der Waals surface area (Å²) in [5.41, 5.74) is -0.966. The molecule has 3 heterocycles. The van der Waals surface area contributed by atoms with Crippen LogP contribution in [-0.4, -0.2) is 42.2 Å². The molecular weight excluding hydrogens is 246 g/mol. The highest BCUT2D eigenvalue weighted by molar-refractivity contribution is 5.86. The summed E-state index contributed by atoms with van der Waals surface area (Å²) in [4.78, 5) is 13.7. The molecule has 2 fully saturated rings. The molecule has 2 atom stereocenters. The standard InChI is InChI=1S/C14H19NO4/c1-18-13(16)10-5-6-12(19-10)14(17)7-9-15-8-3-2-4-11(14)15/h5-6,11,17H,2-4,7-9H2,1H3. The summed E-state index contributed by atoms with van der Waals surface area (Å²) in [6.45, 7) is 1.92. The molecule has 0 radical (unpaired) electrons. The molecule has 1 N–H and O–H groups in total. The van der Waals surface area contributed by atoms with Crippen LogP contribution in [0.2, 0.25) is 0 Å². The molecule has 0 spiro atoms. The van der Waals surface area contributed by atoms with E-state index in [0.717, 1.165) is 25.9 Å². The average Bonchev–Trinajstić information content (AvgIpc) is 3.05. The highest BCUT2D eigenvalue weighted by Gasteiger charge is 2.49. The molecule has 104 valence electrons. The third-order valence-electron chi connectivity index (χ3n) is 4.36. The second kappa shape index (κ2) is 4.65. The van der Waals surface area contributed by atoms with Crippen molar-refractivity contribution in [3.05, 3.63) is 23.7 Å². The smallest absolute Gasteiger partial charge is 0.373 e. The SMILES string of the molecule is COC(=O)c1ccc(C2(O)CCN3CCCCC32)o1. The quantitative estimate of drug-likeness (QED) is 0.821. The molecule has 1 aromatic rings. The van der Waals surface area contributed by atoms with E-state index in [2.05, 4.69) is 9.64 Å². The maximum atomic E-state index is 11.4. The van der Waals surface area contributed by atoms with Crippen molar-refractivity contribution in [1.29, 1.82) is 0 Å². The number of carbonyl (C=O) groups is 1. The molecular formula is C14H19NO4. The number of hydrogen-bond acceptors (Lipinski definition) is 5. The van der Waals surface area contributed by atoms with Crippen LogP contribution in [0.25, 0.3) is 0 Å².